The summed E-state index contributed by atoms with van der Waals surface area (Å²) in [4.78, 5) is 2.51. The SMILES string of the molecule is O=S(=O)(NCCN1CCSCC1)c1ccc(CO)cc1. The van der Waals surface area contributed by atoms with Crippen LogP contribution in [0.5, 0.6) is 0 Å². The minimum atomic E-state index is -3.45. The van der Waals surface area contributed by atoms with Crippen LogP contribution in [0.15, 0.2) is 29.2 Å². The molecule has 5 nitrogen and oxygen atoms in total. The topological polar surface area (TPSA) is 69.6 Å². The molecule has 0 radical (unpaired) electrons. The van der Waals surface area contributed by atoms with Gasteiger partial charge in [0, 0.05) is 37.7 Å². The second kappa shape index (κ2) is 7.42. The summed E-state index contributed by atoms with van der Waals surface area (Å²) < 4.78 is 26.8. The number of hydrogen-bond acceptors (Lipinski definition) is 5. The molecular formula is C13H20N2O3S2. The van der Waals surface area contributed by atoms with E-state index in [0.29, 0.717) is 12.1 Å². The number of nitrogens with zero attached hydrogens (tertiary/aromatic N) is 1. The Hall–Kier alpha value is -0.600. The van der Waals surface area contributed by atoms with E-state index >= 15 is 0 Å². The molecule has 0 saturated carbocycles. The Morgan fingerprint density at radius 1 is 1.20 bits per heavy atom. The summed E-state index contributed by atoms with van der Waals surface area (Å²) in [5.74, 6) is 2.24. The lowest BCUT2D eigenvalue weighted by atomic mass is 10.2. The monoisotopic (exact) mass is 316 g/mol. The van der Waals surface area contributed by atoms with Gasteiger partial charge in [0.1, 0.15) is 0 Å². The number of benzene rings is 1. The molecule has 1 aromatic rings. The number of sulfonamides is 1. The molecule has 1 aliphatic rings. The van der Waals surface area contributed by atoms with Crippen LogP contribution in [-0.4, -0.2) is 56.1 Å². The standard InChI is InChI=1S/C13H20N2O3S2/c16-11-12-1-3-13(4-2-12)20(17,18)14-5-6-15-7-9-19-10-8-15/h1-4,14,16H,5-11H2. The van der Waals surface area contributed by atoms with Gasteiger partial charge >= 0.3 is 0 Å². The van der Waals surface area contributed by atoms with Gasteiger partial charge in [-0.3, -0.25) is 0 Å². The number of rotatable bonds is 6. The van der Waals surface area contributed by atoms with Crippen LogP contribution in [0.25, 0.3) is 0 Å². The molecule has 1 aliphatic heterocycles. The first-order valence-electron chi connectivity index (χ1n) is 6.61. The van der Waals surface area contributed by atoms with E-state index in [1.54, 1.807) is 12.1 Å². The Morgan fingerprint density at radius 3 is 2.45 bits per heavy atom. The third-order valence-corrected chi connectivity index (χ3v) is 5.66. The zero-order valence-electron chi connectivity index (χ0n) is 11.3. The van der Waals surface area contributed by atoms with Gasteiger partial charge in [0.25, 0.3) is 0 Å². The van der Waals surface area contributed by atoms with Crippen LogP contribution in [0.1, 0.15) is 5.56 Å². The zero-order valence-corrected chi connectivity index (χ0v) is 12.9. The highest BCUT2D eigenvalue weighted by molar-refractivity contribution is 7.99. The van der Waals surface area contributed by atoms with E-state index in [0.717, 1.165) is 31.1 Å². The maximum absolute atomic E-state index is 12.1. The van der Waals surface area contributed by atoms with Crippen molar-refractivity contribution in [3.8, 4) is 0 Å². The van der Waals surface area contributed by atoms with E-state index in [-0.39, 0.29) is 11.5 Å². The summed E-state index contributed by atoms with van der Waals surface area (Å²) in [6.45, 7) is 3.14. The molecule has 0 aromatic heterocycles. The summed E-state index contributed by atoms with van der Waals surface area (Å²) in [5, 5.41) is 8.94. The predicted octanol–water partition coefficient (Wildman–Crippen LogP) is 0.506. The fourth-order valence-corrected chi connectivity index (χ4v) is 4.02. The van der Waals surface area contributed by atoms with Crippen molar-refractivity contribution in [2.75, 3.05) is 37.7 Å². The van der Waals surface area contributed by atoms with Crippen LogP contribution in [-0.2, 0) is 16.6 Å². The maximum Gasteiger partial charge on any atom is 0.240 e. The minimum absolute atomic E-state index is 0.0826. The van der Waals surface area contributed by atoms with E-state index in [1.807, 2.05) is 11.8 Å². The molecule has 0 aliphatic carbocycles. The molecule has 2 N–H and O–H groups in total. The van der Waals surface area contributed by atoms with Crippen molar-refractivity contribution >= 4 is 21.8 Å². The van der Waals surface area contributed by atoms with E-state index in [9.17, 15) is 8.42 Å². The van der Waals surface area contributed by atoms with Gasteiger partial charge in [0.05, 0.1) is 11.5 Å². The van der Waals surface area contributed by atoms with E-state index in [4.69, 9.17) is 5.11 Å². The molecule has 0 atom stereocenters. The number of aliphatic hydroxyl groups excluding tert-OH is 1. The van der Waals surface area contributed by atoms with E-state index in [2.05, 4.69) is 9.62 Å². The first kappa shape index (κ1) is 15.8. The summed E-state index contributed by atoms with van der Waals surface area (Å²) >= 11 is 1.94. The van der Waals surface area contributed by atoms with Crippen molar-refractivity contribution in [1.82, 2.24) is 9.62 Å². The molecule has 0 amide bonds. The van der Waals surface area contributed by atoms with Crippen molar-refractivity contribution in [3.05, 3.63) is 29.8 Å². The van der Waals surface area contributed by atoms with Crippen molar-refractivity contribution in [1.29, 1.82) is 0 Å². The summed E-state index contributed by atoms with van der Waals surface area (Å²) in [5.41, 5.74) is 0.703. The highest BCUT2D eigenvalue weighted by Crippen LogP contribution is 2.11. The smallest absolute Gasteiger partial charge is 0.240 e. The van der Waals surface area contributed by atoms with Gasteiger partial charge in [-0.2, -0.15) is 11.8 Å². The zero-order chi connectivity index (χ0) is 14.4. The van der Waals surface area contributed by atoms with Crippen molar-refractivity contribution in [2.24, 2.45) is 0 Å². The molecule has 1 aromatic carbocycles. The van der Waals surface area contributed by atoms with Crippen LogP contribution in [0, 0.1) is 0 Å². The van der Waals surface area contributed by atoms with Crippen LogP contribution in [0.3, 0.4) is 0 Å². The lowest BCUT2D eigenvalue weighted by molar-refractivity contribution is 0.282. The first-order valence-corrected chi connectivity index (χ1v) is 9.25. The highest BCUT2D eigenvalue weighted by atomic mass is 32.2. The largest absolute Gasteiger partial charge is 0.392 e. The fraction of sp³-hybridized carbons (Fsp3) is 0.538. The van der Waals surface area contributed by atoms with Crippen LogP contribution in [0.4, 0.5) is 0 Å². The van der Waals surface area contributed by atoms with E-state index in [1.165, 1.54) is 12.1 Å². The average Bonchev–Trinajstić information content (AvgIpc) is 2.48. The molecule has 0 unspecified atom stereocenters. The van der Waals surface area contributed by atoms with Crippen molar-refractivity contribution < 1.29 is 13.5 Å². The molecule has 1 fully saturated rings. The Bertz CT molecular complexity index is 511. The molecule has 7 heteroatoms. The van der Waals surface area contributed by atoms with Crippen molar-refractivity contribution in [2.45, 2.75) is 11.5 Å². The summed E-state index contributed by atoms with van der Waals surface area (Å²) in [6.07, 6.45) is 0. The number of thioether (sulfide) groups is 1. The maximum atomic E-state index is 12.1. The van der Waals surface area contributed by atoms with Gasteiger partial charge in [-0.25, -0.2) is 13.1 Å². The molecule has 2 rings (SSSR count). The van der Waals surface area contributed by atoms with Crippen molar-refractivity contribution in [3.63, 3.8) is 0 Å². The number of aliphatic hydroxyl groups is 1. The van der Waals surface area contributed by atoms with Gasteiger partial charge in [-0.05, 0) is 17.7 Å². The van der Waals surface area contributed by atoms with Gasteiger partial charge in [0.15, 0.2) is 0 Å². The lowest BCUT2D eigenvalue weighted by Gasteiger charge is -2.25. The normalized spacial score (nSPS) is 17.2. The third kappa shape index (κ3) is 4.46. The average molecular weight is 316 g/mol. The van der Waals surface area contributed by atoms with Gasteiger partial charge in [-0.15, -0.1) is 0 Å². The van der Waals surface area contributed by atoms with Gasteiger partial charge in [-0.1, -0.05) is 12.1 Å². The Morgan fingerprint density at radius 2 is 1.85 bits per heavy atom. The number of nitrogens with one attached hydrogen (secondary N) is 1. The Kier molecular flexibility index (Phi) is 5.86. The number of hydrogen-bond donors (Lipinski definition) is 2. The first-order chi connectivity index (χ1) is 9.62. The second-order valence-electron chi connectivity index (χ2n) is 4.65. The van der Waals surface area contributed by atoms with E-state index < -0.39 is 10.0 Å². The molecule has 0 bridgehead atoms. The van der Waals surface area contributed by atoms with Crippen LogP contribution < -0.4 is 4.72 Å². The van der Waals surface area contributed by atoms with Crippen LogP contribution in [0.2, 0.25) is 0 Å². The summed E-state index contributed by atoms with van der Waals surface area (Å²) in [7, 11) is -3.45. The Balaban J connectivity index is 1.86. The molecule has 20 heavy (non-hydrogen) atoms. The molecular weight excluding hydrogens is 296 g/mol. The molecule has 0 spiro atoms. The van der Waals surface area contributed by atoms with Gasteiger partial charge < -0.3 is 10.0 Å². The van der Waals surface area contributed by atoms with Gasteiger partial charge in [0.2, 0.25) is 10.0 Å². The fourth-order valence-electron chi connectivity index (χ4n) is 2.02. The molecule has 1 heterocycles. The van der Waals surface area contributed by atoms with Crippen LogP contribution >= 0.6 is 11.8 Å². The minimum Gasteiger partial charge on any atom is -0.392 e. The lowest BCUT2D eigenvalue weighted by Crippen LogP contribution is -2.39. The summed E-state index contributed by atoms with van der Waals surface area (Å²) in [6, 6.07) is 6.28. The quantitative estimate of drug-likeness (QED) is 0.800. The molecule has 1 saturated heterocycles. The second-order valence-corrected chi connectivity index (χ2v) is 7.65. The third-order valence-electron chi connectivity index (χ3n) is 3.24. The highest BCUT2D eigenvalue weighted by Gasteiger charge is 2.15. The Labute approximate surface area is 124 Å². The predicted molar refractivity (Wildman–Crippen MR) is 81.3 cm³/mol. The molecule has 112 valence electrons.